The van der Waals surface area contributed by atoms with Gasteiger partial charge in [-0.15, -0.1) is 0 Å². The Morgan fingerprint density at radius 3 is 2.72 bits per heavy atom. The first kappa shape index (κ1) is 31.2. The number of alkyl halides is 1. The Hall–Kier alpha value is -2.38. The van der Waals surface area contributed by atoms with E-state index in [1.807, 2.05) is 11.9 Å². The van der Waals surface area contributed by atoms with Gasteiger partial charge < -0.3 is 14.6 Å². The van der Waals surface area contributed by atoms with Crippen LogP contribution in [0.1, 0.15) is 39.8 Å². The molecule has 1 aliphatic heterocycles. The van der Waals surface area contributed by atoms with Gasteiger partial charge in [-0.25, -0.2) is 13.7 Å². The van der Waals surface area contributed by atoms with Crippen molar-refractivity contribution in [3.8, 4) is 5.75 Å². The Kier molecular flexibility index (Phi) is 10.6. The van der Waals surface area contributed by atoms with Crippen LogP contribution in [0.5, 0.6) is 5.75 Å². The number of carbonyl (C=O) groups excluding carboxylic acids is 1. The molecule has 1 saturated heterocycles. The van der Waals surface area contributed by atoms with Crippen LogP contribution >= 0.6 is 31.4 Å². The molecule has 2 unspecified atom stereocenters. The summed E-state index contributed by atoms with van der Waals surface area (Å²) in [5.41, 5.74) is -4.15. The van der Waals surface area contributed by atoms with E-state index in [0.29, 0.717) is 16.3 Å². The molecular formula is C23H28Cl2FN3O9P+. The smallest absolute Gasteiger partial charge is 0.464 e. The number of nitrogens with one attached hydrogen (secondary N) is 1. The van der Waals surface area contributed by atoms with Gasteiger partial charge in [0.2, 0.25) is 5.75 Å². The maximum atomic E-state index is 15.5. The molecule has 6 atom stereocenters. The molecule has 1 aliphatic rings. The lowest BCUT2D eigenvalue weighted by molar-refractivity contribution is -0.181. The molecular weight excluding hydrogens is 583 g/mol. The van der Waals surface area contributed by atoms with Crippen LogP contribution in [0.25, 0.3) is 0 Å². The van der Waals surface area contributed by atoms with Crippen LogP contribution in [0.4, 0.5) is 4.39 Å². The van der Waals surface area contributed by atoms with E-state index in [-0.39, 0.29) is 17.4 Å². The second-order valence-corrected chi connectivity index (χ2v) is 10.7. The summed E-state index contributed by atoms with van der Waals surface area (Å²) in [7, 11) is -2.95. The van der Waals surface area contributed by atoms with E-state index in [0.717, 1.165) is 30.2 Å². The number of hydroxylamine groups is 1. The summed E-state index contributed by atoms with van der Waals surface area (Å²) in [6.45, 7) is 3.78. The van der Waals surface area contributed by atoms with E-state index >= 15 is 4.39 Å². The number of nitrogens with zero attached hydrogens (tertiary/aromatic N) is 2. The summed E-state index contributed by atoms with van der Waals surface area (Å²) >= 11 is 12.0. The van der Waals surface area contributed by atoms with Gasteiger partial charge in [0.15, 0.2) is 17.9 Å². The number of aliphatic hydroxyl groups is 1. The van der Waals surface area contributed by atoms with Crippen LogP contribution in [0.2, 0.25) is 10.0 Å². The van der Waals surface area contributed by atoms with Gasteiger partial charge in [-0.3, -0.25) is 24.0 Å². The van der Waals surface area contributed by atoms with Gasteiger partial charge in [-0.2, -0.15) is 0 Å². The summed E-state index contributed by atoms with van der Waals surface area (Å²) in [5, 5.41) is 11.0. The van der Waals surface area contributed by atoms with E-state index in [9.17, 15) is 24.1 Å². The molecule has 3 rings (SSSR count). The number of aromatic nitrogens is 2. The molecule has 0 aliphatic carbocycles. The molecule has 1 fully saturated rings. The zero-order valence-electron chi connectivity index (χ0n) is 21.2. The van der Waals surface area contributed by atoms with E-state index in [2.05, 4.69) is 0 Å². The largest absolute Gasteiger partial charge is 0.693 e. The summed E-state index contributed by atoms with van der Waals surface area (Å²) < 4.78 is 45.6. The van der Waals surface area contributed by atoms with E-state index in [1.165, 1.54) is 25.1 Å². The van der Waals surface area contributed by atoms with Crippen molar-refractivity contribution in [2.45, 2.75) is 63.8 Å². The molecule has 0 saturated carbocycles. The van der Waals surface area contributed by atoms with E-state index in [1.54, 1.807) is 0 Å². The fraction of sp³-hybridized carbons (Fsp3) is 0.522. The highest BCUT2D eigenvalue weighted by Gasteiger charge is 2.56. The quantitative estimate of drug-likeness (QED) is 0.158. The molecule has 0 spiro atoms. The number of rotatable bonds is 12. The van der Waals surface area contributed by atoms with Crippen molar-refractivity contribution >= 4 is 37.3 Å². The molecule has 0 bridgehead atoms. The van der Waals surface area contributed by atoms with Crippen molar-refractivity contribution in [3.05, 3.63) is 61.3 Å². The van der Waals surface area contributed by atoms with E-state index < -0.39 is 62.2 Å². The lowest BCUT2D eigenvalue weighted by atomic mass is 9.98. The number of hydrogen-bond acceptors (Lipinski definition) is 9. The molecule has 2 aromatic rings. The fourth-order valence-electron chi connectivity index (χ4n) is 3.61. The van der Waals surface area contributed by atoms with Crippen molar-refractivity contribution in [1.82, 2.24) is 14.4 Å². The first-order valence-electron chi connectivity index (χ1n) is 11.9. The maximum Gasteiger partial charge on any atom is 0.693 e. The van der Waals surface area contributed by atoms with Crippen molar-refractivity contribution in [3.63, 3.8) is 0 Å². The second-order valence-electron chi connectivity index (χ2n) is 8.84. The van der Waals surface area contributed by atoms with Crippen molar-refractivity contribution < 1.29 is 37.7 Å². The minimum atomic E-state index is -2.95. The Morgan fingerprint density at radius 1 is 1.36 bits per heavy atom. The summed E-state index contributed by atoms with van der Waals surface area (Å²) in [5.74, 6) is -0.799. The topological polar surface area (TPSA) is 149 Å². The number of unbranched alkanes of at least 4 members (excludes halogenated alkanes) is 1. The monoisotopic (exact) mass is 610 g/mol. The average molecular weight is 611 g/mol. The van der Waals surface area contributed by atoms with Gasteiger partial charge in [0.1, 0.15) is 18.8 Å². The van der Waals surface area contributed by atoms with Crippen LogP contribution in [-0.2, 0) is 23.7 Å². The van der Waals surface area contributed by atoms with Crippen LogP contribution in [0.3, 0.4) is 0 Å². The lowest BCUT2D eigenvalue weighted by Crippen LogP contribution is -2.44. The molecule has 12 nitrogen and oxygen atoms in total. The Morgan fingerprint density at radius 2 is 2.08 bits per heavy atom. The fourth-order valence-corrected chi connectivity index (χ4v) is 5.06. The van der Waals surface area contributed by atoms with Crippen molar-refractivity contribution in [1.29, 1.82) is 0 Å². The van der Waals surface area contributed by atoms with Crippen LogP contribution < -0.4 is 15.8 Å². The van der Waals surface area contributed by atoms with Crippen LogP contribution in [-0.4, -0.2) is 62.6 Å². The number of halogens is 3. The summed E-state index contributed by atoms with van der Waals surface area (Å²) in [4.78, 5) is 44.4. The number of benzene rings is 1. The molecule has 0 radical (unpaired) electrons. The number of aromatic amines is 1. The predicted molar refractivity (Wildman–Crippen MR) is 139 cm³/mol. The number of carbonyl (C=O) groups is 1. The van der Waals surface area contributed by atoms with E-state index in [4.69, 9.17) is 42.0 Å². The van der Waals surface area contributed by atoms with Gasteiger partial charge >= 0.3 is 19.8 Å². The number of esters is 1. The Labute approximate surface area is 233 Å². The number of H-pyrrole nitrogens is 1. The SMILES string of the molecule is CCCCOC(=O)C(C)N(OC[C@H]1O[C@@H](n2ccc(=O)[nH]c2=O)[C@](C)(F)[C@@H]1O)[P+](=O)Oc1ccc(Cl)cc1Cl. The van der Waals surface area contributed by atoms with Gasteiger partial charge in [-0.1, -0.05) is 36.5 Å². The third-order valence-corrected chi connectivity index (χ3v) is 7.50. The van der Waals surface area contributed by atoms with Gasteiger partial charge in [-0.05, 0) is 38.5 Å². The first-order valence-corrected chi connectivity index (χ1v) is 13.8. The summed E-state index contributed by atoms with van der Waals surface area (Å²) in [6, 6.07) is 3.89. The molecule has 1 aromatic carbocycles. The third kappa shape index (κ3) is 7.43. The first-order chi connectivity index (χ1) is 18.4. The summed E-state index contributed by atoms with van der Waals surface area (Å²) in [6.07, 6.45) is -2.44. The molecule has 2 N–H and O–H groups in total. The molecule has 0 amide bonds. The molecule has 16 heteroatoms. The van der Waals surface area contributed by atoms with Gasteiger partial charge in [0, 0.05) is 21.9 Å². The standard InChI is InChI=1S/C23H27Cl2FN3O9P/c1-4-5-10-35-20(32)13(2)29(39(34)38-16-7-6-14(24)11-15(16)25)36-12-17-19(31)23(3,26)21(37-17)28-9-8-18(30)27-22(28)33/h6-9,11,13,17,19,21,31H,4-5,10,12H2,1-3H3/p+1/t13?,17-,19-,21-,23-/m1/s1. The average Bonchev–Trinajstić information content (AvgIpc) is 3.09. The maximum absolute atomic E-state index is 15.5. The zero-order valence-corrected chi connectivity index (χ0v) is 23.6. The lowest BCUT2D eigenvalue weighted by Gasteiger charge is -2.24. The highest BCUT2D eigenvalue weighted by atomic mass is 35.5. The Balaban J connectivity index is 1.80. The minimum absolute atomic E-state index is 0.0201. The van der Waals surface area contributed by atoms with Gasteiger partial charge in [0.25, 0.3) is 5.56 Å². The number of ether oxygens (including phenoxy) is 2. The number of aliphatic hydroxyl groups excluding tert-OH is 1. The molecule has 1 aromatic heterocycles. The third-order valence-electron chi connectivity index (χ3n) is 5.84. The predicted octanol–water partition coefficient (Wildman–Crippen LogP) is 3.53. The van der Waals surface area contributed by atoms with Crippen molar-refractivity contribution in [2.24, 2.45) is 0 Å². The Bertz CT molecular complexity index is 1310. The second kappa shape index (κ2) is 13.3. The normalized spacial score (nSPS) is 24.0. The van der Waals surface area contributed by atoms with Crippen molar-refractivity contribution in [2.75, 3.05) is 13.2 Å². The van der Waals surface area contributed by atoms with Crippen LogP contribution in [0, 0.1) is 0 Å². The van der Waals surface area contributed by atoms with Crippen LogP contribution in [0.15, 0.2) is 40.1 Å². The molecule has 2 heterocycles. The zero-order chi connectivity index (χ0) is 28.9. The molecule has 39 heavy (non-hydrogen) atoms. The molecule has 214 valence electrons. The van der Waals surface area contributed by atoms with Gasteiger partial charge in [0.05, 0.1) is 16.5 Å². The number of hydrogen-bond donors (Lipinski definition) is 2. The minimum Gasteiger partial charge on any atom is -0.464 e. The highest BCUT2D eigenvalue weighted by molar-refractivity contribution is 7.36. The highest BCUT2D eigenvalue weighted by Crippen LogP contribution is 2.42.